The number of nitrogens with one attached hydrogen (secondary N) is 1. The minimum atomic E-state index is -0.907. The first kappa shape index (κ1) is 19.4. The average Bonchev–Trinajstić information content (AvgIpc) is 2.96. The smallest absolute Gasteiger partial charge is 0.224 e. The number of aromatic nitrogens is 2. The molecule has 0 aromatic carbocycles. The zero-order valence-corrected chi connectivity index (χ0v) is 17.2. The SMILES string of the molecule is Cc1cccn2c([C@@H](C)NC(=O)C3[C@H]4CN(C(O)OC(C)(C)C)C[C@@H]34)ncc12. The van der Waals surface area contributed by atoms with E-state index in [1.165, 1.54) is 0 Å². The fourth-order valence-electron chi connectivity index (χ4n) is 4.40. The standard InChI is InChI=1S/C21H30N4O3/c1-12-7-6-8-25-16(12)9-22-18(25)13(2)23-19(26)17-14-10-24(11-15(14)17)20(27)28-21(3,4)5/h6-9,13-15,17,20,27H,10-11H2,1-5H3,(H,23,26)/t13-,14-,15+,17?,20?/m1/s1. The normalized spacial score (nSPS) is 26.9. The van der Waals surface area contributed by atoms with E-state index in [1.54, 1.807) is 0 Å². The number of piperidine rings is 1. The van der Waals surface area contributed by atoms with E-state index in [-0.39, 0.29) is 17.9 Å². The lowest BCUT2D eigenvalue weighted by atomic mass is 10.2. The number of amides is 1. The number of hydrogen-bond acceptors (Lipinski definition) is 5. The predicted octanol–water partition coefficient (Wildman–Crippen LogP) is 2.09. The van der Waals surface area contributed by atoms with Gasteiger partial charge in [0.2, 0.25) is 12.3 Å². The molecular formula is C21H30N4O3. The first-order chi connectivity index (χ1) is 13.2. The second-order valence-electron chi connectivity index (χ2n) is 9.16. The van der Waals surface area contributed by atoms with Gasteiger partial charge in [0.25, 0.3) is 0 Å². The van der Waals surface area contributed by atoms with Crippen LogP contribution in [0.2, 0.25) is 0 Å². The van der Waals surface area contributed by atoms with Gasteiger partial charge in [-0.05, 0) is 58.1 Å². The van der Waals surface area contributed by atoms with E-state index in [4.69, 9.17) is 4.74 Å². The predicted molar refractivity (Wildman–Crippen MR) is 105 cm³/mol. The Labute approximate surface area is 165 Å². The van der Waals surface area contributed by atoms with E-state index in [9.17, 15) is 9.90 Å². The maximum atomic E-state index is 12.8. The number of imidazole rings is 1. The van der Waals surface area contributed by atoms with Gasteiger partial charge in [-0.1, -0.05) is 6.07 Å². The molecule has 28 heavy (non-hydrogen) atoms. The van der Waals surface area contributed by atoms with E-state index in [0.29, 0.717) is 24.9 Å². The van der Waals surface area contributed by atoms with E-state index in [1.807, 2.05) is 55.5 Å². The molecule has 152 valence electrons. The third kappa shape index (κ3) is 3.54. The Balaban J connectivity index is 1.34. The molecule has 2 aromatic heterocycles. The molecule has 1 aliphatic heterocycles. The number of fused-ring (bicyclic) bond motifs is 2. The quantitative estimate of drug-likeness (QED) is 0.770. The lowest BCUT2D eigenvalue weighted by Crippen LogP contribution is -2.43. The van der Waals surface area contributed by atoms with Crippen molar-refractivity contribution in [3.63, 3.8) is 0 Å². The van der Waals surface area contributed by atoms with Crippen LogP contribution >= 0.6 is 0 Å². The molecule has 5 atom stereocenters. The molecular weight excluding hydrogens is 356 g/mol. The van der Waals surface area contributed by atoms with Gasteiger partial charge in [-0.2, -0.15) is 0 Å². The summed E-state index contributed by atoms with van der Waals surface area (Å²) in [7, 11) is 0. The number of pyridine rings is 1. The molecule has 2 N–H and O–H groups in total. The monoisotopic (exact) mass is 386 g/mol. The molecule has 0 bridgehead atoms. The van der Waals surface area contributed by atoms with Gasteiger partial charge < -0.3 is 19.6 Å². The van der Waals surface area contributed by atoms with Crippen LogP contribution in [0.15, 0.2) is 24.5 Å². The third-order valence-electron chi connectivity index (χ3n) is 5.85. The molecule has 4 rings (SSSR count). The maximum absolute atomic E-state index is 12.8. The second-order valence-corrected chi connectivity index (χ2v) is 9.16. The molecule has 7 nitrogen and oxygen atoms in total. The van der Waals surface area contributed by atoms with Crippen LogP contribution in [0, 0.1) is 24.7 Å². The zero-order valence-electron chi connectivity index (χ0n) is 17.2. The number of aliphatic hydroxyl groups excluding tert-OH is 1. The minimum Gasteiger partial charge on any atom is -0.356 e. The highest BCUT2D eigenvalue weighted by atomic mass is 16.6. The van der Waals surface area contributed by atoms with Crippen molar-refractivity contribution >= 4 is 11.4 Å². The number of carbonyl (C=O) groups excluding carboxylic acids is 1. The topological polar surface area (TPSA) is 79.1 Å². The van der Waals surface area contributed by atoms with Gasteiger partial charge in [-0.3, -0.25) is 9.69 Å². The zero-order chi connectivity index (χ0) is 20.2. The number of aliphatic hydroxyl groups is 1. The van der Waals surface area contributed by atoms with Crippen molar-refractivity contribution < 1.29 is 14.6 Å². The van der Waals surface area contributed by atoms with Crippen molar-refractivity contribution in [2.75, 3.05) is 13.1 Å². The van der Waals surface area contributed by atoms with Crippen LogP contribution in [0.3, 0.4) is 0 Å². The van der Waals surface area contributed by atoms with Crippen molar-refractivity contribution in [1.82, 2.24) is 19.6 Å². The number of hydrogen-bond donors (Lipinski definition) is 2. The van der Waals surface area contributed by atoms with Gasteiger partial charge in [0.15, 0.2) is 0 Å². The number of likely N-dealkylation sites (tertiary alicyclic amines) is 1. The molecule has 3 heterocycles. The summed E-state index contributed by atoms with van der Waals surface area (Å²) in [6.07, 6.45) is 2.93. The highest BCUT2D eigenvalue weighted by Gasteiger charge is 2.60. The second kappa shape index (κ2) is 6.83. The van der Waals surface area contributed by atoms with Crippen LogP contribution in [-0.2, 0) is 9.53 Å². The Bertz CT molecular complexity index is 875. The summed E-state index contributed by atoms with van der Waals surface area (Å²) in [5.74, 6) is 1.54. The lowest BCUT2D eigenvalue weighted by molar-refractivity contribution is -0.236. The Kier molecular flexibility index (Phi) is 4.72. The van der Waals surface area contributed by atoms with E-state index in [2.05, 4.69) is 23.3 Å². The molecule has 2 aliphatic rings. The van der Waals surface area contributed by atoms with Gasteiger partial charge in [-0.15, -0.1) is 0 Å². The molecule has 1 aliphatic carbocycles. The minimum absolute atomic E-state index is 0.0218. The van der Waals surface area contributed by atoms with Crippen molar-refractivity contribution in [3.05, 3.63) is 35.9 Å². The van der Waals surface area contributed by atoms with Crippen molar-refractivity contribution in [2.24, 2.45) is 17.8 Å². The van der Waals surface area contributed by atoms with Crippen LogP contribution in [-0.4, -0.2) is 50.4 Å². The van der Waals surface area contributed by atoms with Gasteiger partial charge >= 0.3 is 0 Å². The van der Waals surface area contributed by atoms with E-state index in [0.717, 1.165) is 16.9 Å². The molecule has 2 unspecified atom stereocenters. The van der Waals surface area contributed by atoms with Gasteiger partial charge in [0.05, 0.1) is 23.4 Å². The summed E-state index contributed by atoms with van der Waals surface area (Å²) >= 11 is 0. The van der Waals surface area contributed by atoms with Crippen molar-refractivity contribution in [1.29, 1.82) is 0 Å². The number of ether oxygens (including phenoxy) is 1. The molecule has 2 fully saturated rings. The van der Waals surface area contributed by atoms with Gasteiger partial charge in [-0.25, -0.2) is 4.98 Å². The molecule has 1 saturated heterocycles. The van der Waals surface area contributed by atoms with Gasteiger partial charge in [0.1, 0.15) is 5.82 Å². The lowest BCUT2D eigenvalue weighted by Gasteiger charge is -2.31. The van der Waals surface area contributed by atoms with Crippen molar-refractivity contribution in [2.45, 2.75) is 52.7 Å². The first-order valence-electron chi connectivity index (χ1n) is 9.98. The molecule has 0 radical (unpaired) electrons. The highest BCUT2D eigenvalue weighted by Crippen LogP contribution is 2.52. The first-order valence-corrected chi connectivity index (χ1v) is 9.98. The number of nitrogens with zero attached hydrogens (tertiary/aromatic N) is 3. The van der Waals surface area contributed by atoms with Crippen LogP contribution in [0.5, 0.6) is 0 Å². The molecule has 1 amide bonds. The van der Waals surface area contributed by atoms with Gasteiger partial charge in [0, 0.05) is 25.2 Å². The van der Waals surface area contributed by atoms with Crippen molar-refractivity contribution in [3.8, 4) is 0 Å². The summed E-state index contributed by atoms with van der Waals surface area (Å²) < 4.78 is 7.66. The average molecular weight is 386 g/mol. The van der Waals surface area contributed by atoms with Crippen LogP contribution in [0.25, 0.3) is 5.52 Å². The van der Waals surface area contributed by atoms with E-state index >= 15 is 0 Å². The fourth-order valence-corrected chi connectivity index (χ4v) is 4.40. The largest absolute Gasteiger partial charge is 0.356 e. The summed E-state index contributed by atoms with van der Waals surface area (Å²) in [5.41, 5.74) is 1.82. The molecule has 2 aromatic rings. The third-order valence-corrected chi connectivity index (χ3v) is 5.85. The Morgan fingerprint density at radius 3 is 2.68 bits per heavy atom. The molecule has 7 heteroatoms. The summed E-state index contributed by atoms with van der Waals surface area (Å²) in [4.78, 5) is 19.2. The number of carbonyl (C=O) groups is 1. The highest BCUT2D eigenvalue weighted by molar-refractivity contribution is 5.83. The summed E-state index contributed by atoms with van der Waals surface area (Å²) in [6.45, 7) is 11.2. The summed E-state index contributed by atoms with van der Waals surface area (Å²) in [5, 5.41) is 13.4. The molecule has 1 saturated carbocycles. The number of aryl methyl sites for hydroxylation is 1. The Morgan fingerprint density at radius 2 is 2.04 bits per heavy atom. The van der Waals surface area contributed by atoms with Crippen LogP contribution < -0.4 is 5.32 Å². The Morgan fingerprint density at radius 1 is 1.36 bits per heavy atom. The maximum Gasteiger partial charge on any atom is 0.224 e. The molecule has 0 spiro atoms. The number of rotatable bonds is 5. The fraction of sp³-hybridized carbons (Fsp3) is 0.619. The Hall–Kier alpha value is -1.96. The van der Waals surface area contributed by atoms with Crippen LogP contribution in [0.4, 0.5) is 0 Å². The summed E-state index contributed by atoms with van der Waals surface area (Å²) in [6, 6.07) is 3.88. The van der Waals surface area contributed by atoms with Crippen LogP contribution in [0.1, 0.15) is 45.1 Å². The van der Waals surface area contributed by atoms with E-state index < -0.39 is 12.0 Å².